The number of benzene rings is 1. The molecule has 3 N–H and O–H groups in total. The summed E-state index contributed by atoms with van der Waals surface area (Å²) in [6, 6.07) is 5.92. The first kappa shape index (κ1) is 12.8. The van der Waals surface area contributed by atoms with Gasteiger partial charge in [-0.25, -0.2) is 4.39 Å². The zero-order valence-electron chi connectivity index (χ0n) is 9.02. The van der Waals surface area contributed by atoms with E-state index in [0.717, 1.165) is 0 Å². The zero-order chi connectivity index (χ0) is 13.1. The van der Waals surface area contributed by atoms with Crippen LogP contribution in [0.1, 0.15) is 5.56 Å². The van der Waals surface area contributed by atoms with E-state index >= 15 is 0 Å². The van der Waals surface area contributed by atoms with Crippen LogP contribution < -0.4 is 11.1 Å². The maximum Gasteiger partial charge on any atom is 0.163 e. The number of rotatable bonds is 3. The smallest absolute Gasteiger partial charge is 0.163 e. The van der Waals surface area contributed by atoms with E-state index in [1.165, 1.54) is 18.3 Å². The van der Waals surface area contributed by atoms with E-state index in [1.54, 1.807) is 12.1 Å². The molecule has 0 aliphatic heterocycles. The Bertz CT molecular complexity index is 605. The molecule has 18 heavy (non-hydrogen) atoms. The van der Waals surface area contributed by atoms with Gasteiger partial charge in [0, 0.05) is 4.47 Å². The molecule has 2 aromatic rings. The van der Waals surface area contributed by atoms with E-state index in [0.29, 0.717) is 21.5 Å². The Morgan fingerprint density at radius 3 is 2.89 bits per heavy atom. The van der Waals surface area contributed by atoms with Gasteiger partial charge in [0.2, 0.25) is 0 Å². The Balaban J connectivity index is 2.40. The molecule has 0 amide bonds. The molecule has 7 heteroatoms. The fraction of sp³-hybridized carbons (Fsp3) is 0. The van der Waals surface area contributed by atoms with Crippen LogP contribution in [0.4, 0.5) is 15.9 Å². The molecular weight excluding hydrogens is 319 g/mol. The number of thiocarbonyl (C=S) groups is 1. The van der Waals surface area contributed by atoms with E-state index in [4.69, 9.17) is 18.0 Å². The summed E-state index contributed by atoms with van der Waals surface area (Å²) in [5.41, 5.74) is 6.65. The summed E-state index contributed by atoms with van der Waals surface area (Å²) < 4.78 is 13.9. The van der Waals surface area contributed by atoms with E-state index in [1.807, 2.05) is 0 Å². The third-order valence-corrected chi connectivity index (χ3v) is 3.08. The molecule has 0 atom stereocenters. The minimum atomic E-state index is -0.360. The van der Waals surface area contributed by atoms with Crippen LogP contribution in [0.15, 0.2) is 34.9 Å². The molecule has 1 aromatic heterocycles. The van der Waals surface area contributed by atoms with Gasteiger partial charge in [-0.05, 0) is 40.2 Å². The molecule has 4 nitrogen and oxygen atoms in total. The summed E-state index contributed by atoms with van der Waals surface area (Å²) in [6.07, 6.45) is 1.49. The first-order chi connectivity index (χ1) is 8.58. The van der Waals surface area contributed by atoms with E-state index in [2.05, 4.69) is 31.4 Å². The summed E-state index contributed by atoms with van der Waals surface area (Å²) in [7, 11) is 0. The minimum Gasteiger partial charge on any atom is -0.389 e. The lowest BCUT2D eigenvalue weighted by Gasteiger charge is -2.10. The van der Waals surface area contributed by atoms with Crippen molar-refractivity contribution in [3.8, 4) is 0 Å². The molecule has 0 fully saturated rings. The molecule has 1 aromatic carbocycles. The maximum absolute atomic E-state index is 13.2. The predicted molar refractivity (Wildman–Crippen MR) is 75.3 cm³/mol. The number of anilines is 2. The largest absolute Gasteiger partial charge is 0.389 e. The van der Waals surface area contributed by atoms with Crippen LogP contribution in [-0.4, -0.2) is 15.2 Å². The molecule has 0 aliphatic rings. The number of nitrogens with zero attached hydrogens (tertiary/aromatic N) is 2. The van der Waals surface area contributed by atoms with Crippen LogP contribution >= 0.6 is 28.1 Å². The molecule has 1 heterocycles. The highest BCUT2D eigenvalue weighted by Gasteiger charge is 2.09. The number of nitrogens with two attached hydrogens (primary N) is 1. The van der Waals surface area contributed by atoms with Crippen LogP contribution in [0.5, 0.6) is 0 Å². The van der Waals surface area contributed by atoms with Gasteiger partial charge in [-0.3, -0.25) is 0 Å². The van der Waals surface area contributed by atoms with Gasteiger partial charge in [0.15, 0.2) is 5.82 Å². The topological polar surface area (TPSA) is 63.8 Å². The van der Waals surface area contributed by atoms with Crippen LogP contribution in [-0.2, 0) is 0 Å². The fourth-order valence-corrected chi connectivity index (χ4v) is 1.85. The zero-order valence-corrected chi connectivity index (χ0v) is 11.4. The summed E-state index contributed by atoms with van der Waals surface area (Å²) in [4.78, 5) is 0.194. The van der Waals surface area contributed by atoms with Crippen molar-refractivity contribution in [3.05, 3.63) is 46.3 Å². The standard InChI is InChI=1S/C11H8BrFN4S/c12-8-2-1-6(13)5-9(8)16-11-7(10(14)18)3-4-15-17-11/h1-5H,(H2,14,18)(H,16,17). The average Bonchev–Trinajstić information content (AvgIpc) is 2.34. The average molecular weight is 327 g/mol. The van der Waals surface area contributed by atoms with E-state index in [9.17, 15) is 4.39 Å². The predicted octanol–water partition coefficient (Wildman–Crippen LogP) is 2.76. The van der Waals surface area contributed by atoms with Crippen molar-refractivity contribution >= 4 is 44.6 Å². The highest BCUT2D eigenvalue weighted by Crippen LogP contribution is 2.26. The van der Waals surface area contributed by atoms with Crippen LogP contribution in [0.25, 0.3) is 0 Å². The second-order valence-corrected chi connectivity index (χ2v) is 4.70. The van der Waals surface area contributed by atoms with E-state index in [-0.39, 0.29) is 10.8 Å². The van der Waals surface area contributed by atoms with Gasteiger partial charge in [0.05, 0.1) is 17.4 Å². The lowest BCUT2D eigenvalue weighted by Crippen LogP contribution is -2.13. The van der Waals surface area contributed by atoms with Crippen molar-refractivity contribution in [2.75, 3.05) is 5.32 Å². The molecule has 0 unspecified atom stereocenters. The van der Waals surface area contributed by atoms with E-state index < -0.39 is 0 Å². The van der Waals surface area contributed by atoms with Crippen molar-refractivity contribution in [2.24, 2.45) is 5.73 Å². The van der Waals surface area contributed by atoms with Crippen molar-refractivity contribution in [1.29, 1.82) is 0 Å². The third kappa shape index (κ3) is 2.80. The number of halogens is 2. The first-order valence-electron chi connectivity index (χ1n) is 4.91. The van der Waals surface area contributed by atoms with Gasteiger partial charge < -0.3 is 11.1 Å². The summed E-state index contributed by atoms with van der Waals surface area (Å²) in [5.74, 6) is 0.0257. The second kappa shape index (κ2) is 5.36. The summed E-state index contributed by atoms with van der Waals surface area (Å²) in [5, 5.41) is 10.6. The van der Waals surface area contributed by atoms with Gasteiger partial charge in [-0.1, -0.05) is 12.2 Å². The highest BCUT2D eigenvalue weighted by atomic mass is 79.9. The van der Waals surface area contributed by atoms with Gasteiger partial charge in [0.1, 0.15) is 10.8 Å². The highest BCUT2D eigenvalue weighted by molar-refractivity contribution is 9.10. The molecule has 0 saturated carbocycles. The Morgan fingerprint density at radius 2 is 2.17 bits per heavy atom. The molecule has 0 radical (unpaired) electrons. The minimum absolute atomic E-state index is 0.194. The fourth-order valence-electron chi connectivity index (χ4n) is 1.34. The molecule has 92 valence electrons. The third-order valence-electron chi connectivity index (χ3n) is 2.17. The number of hydrogen-bond acceptors (Lipinski definition) is 4. The lowest BCUT2D eigenvalue weighted by atomic mass is 10.2. The van der Waals surface area contributed by atoms with Gasteiger partial charge in [-0.15, -0.1) is 5.10 Å². The number of hydrogen-bond donors (Lipinski definition) is 2. The maximum atomic E-state index is 13.2. The first-order valence-corrected chi connectivity index (χ1v) is 6.11. The Labute approximate surface area is 117 Å². The second-order valence-electron chi connectivity index (χ2n) is 3.41. The Hall–Kier alpha value is -1.60. The molecule has 0 bridgehead atoms. The number of nitrogens with one attached hydrogen (secondary N) is 1. The van der Waals surface area contributed by atoms with Gasteiger partial charge in [0.25, 0.3) is 0 Å². The Kier molecular flexibility index (Phi) is 3.83. The van der Waals surface area contributed by atoms with Gasteiger partial charge in [-0.2, -0.15) is 5.10 Å². The van der Waals surface area contributed by atoms with Crippen molar-refractivity contribution in [1.82, 2.24) is 10.2 Å². The lowest BCUT2D eigenvalue weighted by molar-refractivity contribution is 0.628. The van der Waals surface area contributed by atoms with Gasteiger partial charge >= 0.3 is 0 Å². The Morgan fingerprint density at radius 1 is 1.39 bits per heavy atom. The summed E-state index contributed by atoms with van der Waals surface area (Å²) in [6.45, 7) is 0. The van der Waals surface area contributed by atoms with Crippen molar-refractivity contribution < 1.29 is 4.39 Å². The molecule has 0 aliphatic carbocycles. The summed E-state index contributed by atoms with van der Waals surface area (Å²) >= 11 is 8.22. The molecule has 0 saturated heterocycles. The monoisotopic (exact) mass is 326 g/mol. The molecule has 0 spiro atoms. The number of aromatic nitrogens is 2. The van der Waals surface area contributed by atoms with Crippen LogP contribution in [0.3, 0.4) is 0 Å². The quantitative estimate of drug-likeness (QED) is 0.849. The normalized spacial score (nSPS) is 10.1. The SMILES string of the molecule is NC(=S)c1ccnnc1Nc1cc(F)ccc1Br. The van der Waals surface area contributed by atoms with Crippen LogP contribution in [0.2, 0.25) is 0 Å². The molecular formula is C11H8BrFN4S. The van der Waals surface area contributed by atoms with Crippen molar-refractivity contribution in [3.63, 3.8) is 0 Å². The molecule has 2 rings (SSSR count). The van der Waals surface area contributed by atoms with Crippen molar-refractivity contribution in [2.45, 2.75) is 0 Å². The van der Waals surface area contributed by atoms with Crippen LogP contribution in [0, 0.1) is 5.82 Å².